The van der Waals surface area contributed by atoms with Crippen molar-refractivity contribution in [3.05, 3.63) is 58.9 Å². The molecule has 4 aromatic rings. The van der Waals surface area contributed by atoms with Crippen LogP contribution in [-0.2, 0) is 11.2 Å². The minimum absolute atomic E-state index is 0.199. The Morgan fingerprint density at radius 1 is 1.30 bits per heavy atom. The Morgan fingerprint density at radius 3 is 3.00 bits per heavy atom. The van der Waals surface area contributed by atoms with Gasteiger partial charge < -0.3 is 15.3 Å². The fourth-order valence-electron chi connectivity index (χ4n) is 4.41. The average Bonchev–Trinajstić information content (AvgIpc) is 3.48. The molecule has 5 rings (SSSR count). The topological polar surface area (TPSA) is 82.8 Å². The summed E-state index contributed by atoms with van der Waals surface area (Å²) in [6.45, 7) is 2.32. The Balaban J connectivity index is 1.33. The highest BCUT2D eigenvalue weighted by Gasteiger charge is 2.24. The first kappa shape index (κ1) is 21.5. The Labute approximate surface area is 197 Å². The first-order chi connectivity index (χ1) is 16.1. The van der Waals surface area contributed by atoms with Gasteiger partial charge in [0.05, 0.1) is 12.1 Å². The van der Waals surface area contributed by atoms with Crippen molar-refractivity contribution < 1.29 is 9.90 Å². The number of nitrogens with one attached hydrogen (secondary N) is 1. The van der Waals surface area contributed by atoms with E-state index in [1.165, 1.54) is 0 Å². The van der Waals surface area contributed by atoms with Crippen LogP contribution in [0.5, 0.6) is 5.75 Å². The number of para-hydroxylation sites is 1. The number of piperidine rings is 1. The second-order valence-corrected chi connectivity index (χ2v) is 9.42. The molecular weight excluding hydrogens is 433 g/mol. The van der Waals surface area contributed by atoms with E-state index in [1.807, 2.05) is 47.8 Å². The van der Waals surface area contributed by atoms with Crippen molar-refractivity contribution >= 4 is 42.0 Å². The third kappa shape index (κ3) is 4.59. The number of fused-ring (bicyclic) bond motifs is 1. The lowest BCUT2D eigenvalue weighted by Gasteiger charge is -2.33. The SMILES string of the molecule is Bc1cnn2c(NCC3CCCN(C(=O)Cc4ccsc4)C3)cc(-c3ccccc3O)nc12. The zero-order valence-corrected chi connectivity index (χ0v) is 19.4. The molecular formula is C24H26BN5O2S. The molecule has 0 bridgehead atoms. The molecule has 0 radical (unpaired) electrons. The molecule has 1 fully saturated rings. The van der Waals surface area contributed by atoms with Crippen LogP contribution in [0.1, 0.15) is 18.4 Å². The van der Waals surface area contributed by atoms with Gasteiger partial charge in [0.2, 0.25) is 5.91 Å². The number of anilines is 1. The van der Waals surface area contributed by atoms with E-state index in [-0.39, 0.29) is 11.7 Å². The summed E-state index contributed by atoms with van der Waals surface area (Å²) in [5.41, 5.74) is 4.21. The number of aromatic hydroxyl groups is 1. The quantitative estimate of drug-likeness (QED) is 0.433. The van der Waals surface area contributed by atoms with E-state index >= 15 is 0 Å². The third-order valence-electron chi connectivity index (χ3n) is 6.21. The summed E-state index contributed by atoms with van der Waals surface area (Å²) in [5, 5.41) is 22.4. The van der Waals surface area contributed by atoms with E-state index in [0.29, 0.717) is 23.6 Å². The molecule has 0 saturated carbocycles. The van der Waals surface area contributed by atoms with E-state index in [2.05, 4.69) is 10.4 Å². The smallest absolute Gasteiger partial charge is 0.227 e. The lowest BCUT2D eigenvalue weighted by Crippen LogP contribution is -2.42. The van der Waals surface area contributed by atoms with Crippen LogP contribution in [0.25, 0.3) is 16.9 Å². The van der Waals surface area contributed by atoms with Crippen molar-refractivity contribution in [2.45, 2.75) is 19.3 Å². The molecule has 1 aromatic carbocycles. The van der Waals surface area contributed by atoms with E-state index in [9.17, 15) is 9.90 Å². The highest BCUT2D eigenvalue weighted by atomic mass is 32.1. The molecule has 7 nitrogen and oxygen atoms in total. The second kappa shape index (κ2) is 9.27. The van der Waals surface area contributed by atoms with E-state index in [0.717, 1.165) is 55.0 Å². The van der Waals surface area contributed by atoms with Gasteiger partial charge in [0.15, 0.2) is 5.65 Å². The Morgan fingerprint density at radius 2 is 2.18 bits per heavy atom. The van der Waals surface area contributed by atoms with Crippen LogP contribution in [0.3, 0.4) is 0 Å². The predicted molar refractivity (Wildman–Crippen MR) is 134 cm³/mol. The van der Waals surface area contributed by atoms with Gasteiger partial charge in [0, 0.05) is 37.5 Å². The summed E-state index contributed by atoms with van der Waals surface area (Å²) in [4.78, 5) is 19.5. The molecule has 4 heterocycles. The third-order valence-corrected chi connectivity index (χ3v) is 6.94. The Kier molecular flexibility index (Phi) is 6.04. The number of carbonyl (C=O) groups excluding carboxylic acids is 1. The minimum atomic E-state index is 0.199. The van der Waals surface area contributed by atoms with Gasteiger partial charge in [-0.2, -0.15) is 21.0 Å². The molecule has 1 aliphatic heterocycles. The number of phenolic OH excluding ortho intramolecular Hbond substituents is 1. The number of nitrogens with zero attached hydrogens (tertiary/aromatic N) is 4. The van der Waals surface area contributed by atoms with Gasteiger partial charge in [-0.1, -0.05) is 12.1 Å². The van der Waals surface area contributed by atoms with Crippen molar-refractivity contribution in [3.63, 3.8) is 0 Å². The Hall–Kier alpha value is -3.33. The molecule has 3 aromatic heterocycles. The lowest BCUT2D eigenvalue weighted by molar-refractivity contribution is -0.132. The van der Waals surface area contributed by atoms with E-state index in [1.54, 1.807) is 34.2 Å². The average molecular weight is 459 g/mol. The Bertz CT molecular complexity index is 1270. The zero-order chi connectivity index (χ0) is 22.8. The molecule has 1 atom stereocenters. The standard InChI is InChI=1S/C24H26BN5O2S/c25-19-13-27-30-22(11-20(28-24(19)30)18-5-1-2-6-21(18)31)26-12-17-4-3-8-29(14-17)23(32)10-16-7-9-33-15-16/h1-2,5-7,9,11,13,15,17,26,31H,3-4,8,10,12,14,25H2. The van der Waals surface area contributed by atoms with E-state index < -0.39 is 0 Å². The monoisotopic (exact) mass is 459 g/mol. The summed E-state index contributed by atoms with van der Waals surface area (Å²) in [7, 11) is 1.98. The van der Waals surface area contributed by atoms with Crippen LogP contribution >= 0.6 is 11.3 Å². The fraction of sp³-hybridized carbons (Fsp3) is 0.292. The number of hydrogen-bond donors (Lipinski definition) is 2. The van der Waals surface area contributed by atoms with Crippen LogP contribution in [0.2, 0.25) is 0 Å². The number of hydrogen-bond acceptors (Lipinski definition) is 6. The maximum Gasteiger partial charge on any atom is 0.227 e. The van der Waals surface area contributed by atoms with Gasteiger partial charge in [-0.05, 0) is 58.7 Å². The van der Waals surface area contributed by atoms with Gasteiger partial charge in [-0.25, -0.2) is 4.98 Å². The first-order valence-electron chi connectivity index (χ1n) is 11.2. The summed E-state index contributed by atoms with van der Waals surface area (Å²) < 4.78 is 1.81. The number of thiophene rings is 1. The van der Waals surface area contributed by atoms with Gasteiger partial charge in [0.1, 0.15) is 19.4 Å². The predicted octanol–water partition coefficient (Wildman–Crippen LogP) is 2.31. The molecule has 1 unspecified atom stereocenters. The summed E-state index contributed by atoms with van der Waals surface area (Å²) in [5.74, 6) is 1.59. The van der Waals surface area contributed by atoms with Crippen LogP contribution in [0.4, 0.5) is 5.82 Å². The largest absolute Gasteiger partial charge is 0.507 e. The van der Waals surface area contributed by atoms with Crippen molar-refractivity contribution in [2.24, 2.45) is 5.92 Å². The number of aromatic nitrogens is 3. The maximum absolute atomic E-state index is 12.8. The summed E-state index contributed by atoms with van der Waals surface area (Å²) in [6, 6.07) is 11.2. The van der Waals surface area contributed by atoms with Crippen LogP contribution in [-0.4, -0.2) is 58.0 Å². The van der Waals surface area contributed by atoms with Gasteiger partial charge in [-0.3, -0.25) is 4.79 Å². The minimum Gasteiger partial charge on any atom is -0.507 e. The van der Waals surface area contributed by atoms with Crippen molar-refractivity contribution in [2.75, 3.05) is 25.0 Å². The van der Waals surface area contributed by atoms with Crippen LogP contribution < -0.4 is 10.8 Å². The molecule has 1 amide bonds. The number of benzene rings is 1. The molecule has 168 valence electrons. The van der Waals surface area contributed by atoms with Gasteiger partial charge in [-0.15, -0.1) is 0 Å². The molecule has 2 N–H and O–H groups in total. The van der Waals surface area contributed by atoms with Gasteiger partial charge in [0.25, 0.3) is 0 Å². The van der Waals surface area contributed by atoms with Crippen LogP contribution in [0.15, 0.2) is 53.4 Å². The zero-order valence-electron chi connectivity index (χ0n) is 18.6. The number of phenols is 1. The fourth-order valence-corrected chi connectivity index (χ4v) is 5.08. The molecule has 33 heavy (non-hydrogen) atoms. The summed E-state index contributed by atoms with van der Waals surface area (Å²) in [6.07, 6.45) is 4.37. The highest BCUT2D eigenvalue weighted by Crippen LogP contribution is 2.29. The van der Waals surface area contributed by atoms with E-state index in [4.69, 9.17) is 4.98 Å². The molecule has 0 aliphatic carbocycles. The molecule has 1 aliphatic rings. The molecule has 1 saturated heterocycles. The van der Waals surface area contributed by atoms with Crippen molar-refractivity contribution in [3.8, 4) is 17.0 Å². The first-order valence-corrected chi connectivity index (χ1v) is 12.2. The lowest BCUT2D eigenvalue weighted by atomic mass is 9.97. The number of rotatable bonds is 6. The molecule has 0 spiro atoms. The van der Waals surface area contributed by atoms with Crippen molar-refractivity contribution in [1.82, 2.24) is 19.5 Å². The summed E-state index contributed by atoms with van der Waals surface area (Å²) >= 11 is 1.63. The van der Waals surface area contributed by atoms with Crippen LogP contribution in [0, 0.1) is 5.92 Å². The number of amides is 1. The second-order valence-electron chi connectivity index (χ2n) is 8.64. The normalized spacial score (nSPS) is 16.2. The number of carbonyl (C=O) groups is 1. The molecule has 9 heteroatoms. The van der Waals surface area contributed by atoms with Gasteiger partial charge >= 0.3 is 0 Å². The highest BCUT2D eigenvalue weighted by molar-refractivity contribution is 7.08. The maximum atomic E-state index is 12.8. The number of likely N-dealkylation sites (tertiary alicyclic amines) is 1. The van der Waals surface area contributed by atoms with Crippen molar-refractivity contribution in [1.29, 1.82) is 0 Å².